The molecule has 0 spiro atoms. The normalized spacial score (nSPS) is 10.8. The SMILES string of the molecule is Cc1ncccc1C(=O)Nc1c[nH]c2ncc(Br)c(F)c12. The predicted octanol–water partition coefficient (Wildman–Crippen LogP) is 3.42. The minimum atomic E-state index is -0.473. The fraction of sp³-hybridized carbons (Fsp3) is 0.0714. The number of aromatic amines is 1. The van der Waals surface area contributed by atoms with Gasteiger partial charge >= 0.3 is 0 Å². The van der Waals surface area contributed by atoms with Gasteiger partial charge in [-0.25, -0.2) is 9.37 Å². The maximum atomic E-state index is 14.2. The number of hydrogen-bond acceptors (Lipinski definition) is 3. The first-order chi connectivity index (χ1) is 10.1. The Morgan fingerprint density at radius 1 is 1.43 bits per heavy atom. The Hall–Kier alpha value is -2.28. The molecule has 3 rings (SSSR count). The second-order valence-corrected chi connectivity index (χ2v) is 5.29. The molecule has 0 saturated heterocycles. The lowest BCUT2D eigenvalue weighted by Crippen LogP contribution is -2.13. The number of pyridine rings is 2. The summed E-state index contributed by atoms with van der Waals surface area (Å²) in [7, 11) is 0. The molecule has 0 aromatic carbocycles. The van der Waals surface area contributed by atoms with Crippen LogP contribution in [-0.2, 0) is 0 Å². The summed E-state index contributed by atoms with van der Waals surface area (Å²) >= 11 is 3.08. The smallest absolute Gasteiger partial charge is 0.257 e. The van der Waals surface area contributed by atoms with E-state index in [-0.39, 0.29) is 15.8 Å². The van der Waals surface area contributed by atoms with Gasteiger partial charge in [-0.2, -0.15) is 0 Å². The summed E-state index contributed by atoms with van der Waals surface area (Å²) < 4.78 is 14.4. The number of H-pyrrole nitrogens is 1. The van der Waals surface area contributed by atoms with Crippen molar-refractivity contribution in [1.29, 1.82) is 0 Å². The third-order valence-electron chi connectivity index (χ3n) is 3.10. The van der Waals surface area contributed by atoms with E-state index in [1.165, 1.54) is 12.4 Å². The molecule has 0 aliphatic rings. The van der Waals surface area contributed by atoms with Gasteiger partial charge in [0.2, 0.25) is 0 Å². The van der Waals surface area contributed by atoms with Crippen molar-refractivity contribution in [3.05, 3.63) is 52.3 Å². The fourth-order valence-corrected chi connectivity index (χ4v) is 2.35. The van der Waals surface area contributed by atoms with E-state index in [9.17, 15) is 9.18 Å². The number of rotatable bonds is 2. The number of nitrogens with one attached hydrogen (secondary N) is 2. The molecule has 0 aliphatic carbocycles. The van der Waals surface area contributed by atoms with E-state index in [1.807, 2.05) is 0 Å². The van der Waals surface area contributed by atoms with Crippen molar-refractivity contribution in [1.82, 2.24) is 15.0 Å². The number of carbonyl (C=O) groups is 1. The summed E-state index contributed by atoms with van der Waals surface area (Å²) in [4.78, 5) is 23.2. The van der Waals surface area contributed by atoms with Crippen LogP contribution in [0.1, 0.15) is 16.1 Å². The van der Waals surface area contributed by atoms with E-state index in [0.29, 0.717) is 22.6 Å². The van der Waals surface area contributed by atoms with Crippen LogP contribution in [0.5, 0.6) is 0 Å². The van der Waals surface area contributed by atoms with Crippen LogP contribution in [0.3, 0.4) is 0 Å². The quantitative estimate of drug-likeness (QED) is 0.745. The fourth-order valence-electron chi connectivity index (χ4n) is 2.05. The molecule has 0 saturated carbocycles. The highest BCUT2D eigenvalue weighted by Crippen LogP contribution is 2.29. The summed E-state index contributed by atoms with van der Waals surface area (Å²) in [6.45, 7) is 1.74. The number of aromatic nitrogens is 3. The van der Waals surface area contributed by atoms with E-state index in [2.05, 4.69) is 36.2 Å². The van der Waals surface area contributed by atoms with Crippen molar-refractivity contribution in [2.24, 2.45) is 0 Å². The highest BCUT2D eigenvalue weighted by Gasteiger charge is 2.16. The first-order valence-corrected chi connectivity index (χ1v) is 6.91. The Bertz CT molecular complexity index is 846. The summed E-state index contributed by atoms with van der Waals surface area (Å²) in [6.07, 6.45) is 4.49. The molecule has 0 bridgehead atoms. The number of nitrogens with zero attached hydrogens (tertiary/aromatic N) is 2. The van der Waals surface area contributed by atoms with E-state index < -0.39 is 5.82 Å². The molecule has 0 aliphatic heterocycles. The summed E-state index contributed by atoms with van der Waals surface area (Å²) in [5.41, 5.74) is 1.75. The third kappa shape index (κ3) is 2.40. The second kappa shape index (κ2) is 5.25. The molecule has 3 aromatic heterocycles. The van der Waals surface area contributed by atoms with Gasteiger partial charge < -0.3 is 10.3 Å². The molecule has 106 valence electrons. The number of carbonyl (C=O) groups excluding carboxylic acids is 1. The van der Waals surface area contributed by atoms with Crippen LogP contribution in [0.25, 0.3) is 11.0 Å². The van der Waals surface area contributed by atoms with Gasteiger partial charge in [0.05, 0.1) is 21.1 Å². The topological polar surface area (TPSA) is 70.7 Å². The molecule has 21 heavy (non-hydrogen) atoms. The van der Waals surface area contributed by atoms with Gasteiger partial charge in [0.15, 0.2) is 5.82 Å². The average molecular weight is 349 g/mol. The summed E-state index contributed by atoms with van der Waals surface area (Å²) in [6, 6.07) is 3.34. The van der Waals surface area contributed by atoms with E-state index in [1.54, 1.807) is 25.3 Å². The van der Waals surface area contributed by atoms with Crippen LogP contribution in [0.15, 0.2) is 35.2 Å². The van der Waals surface area contributed by atoms with Crippen molar-refractivity contribution in [2.75, 3.05) is 5.32 Å². The maximum Gasteiger partial charge on any atom is 0.257 e. The molecular formula is C14H10BrFN4O. The molecule has 7 heteroatoms. The van der Waals surface area contributed by atoms with Crippen LogP contribution in [0, 0.1) is 12.7 Å². The Balaban J connectivity index is 2.01. The largest absolute Gasteiger partial charge is 0.344 e. The lowest BCUT2D eigenvalue weighted by molar-refractivity contribution is 0.102. The zero-order chi connectivity index (χ0) is 15.0. The Labute approximate surface area is 127 Å². The molecule has 0 unspecified atom stereocenters. The molecule has 0 radical (unpaired) electrons. The van der Waals surface area contributed by atoms with Crippen molar-refractivity contribution < 1.29 is 9.18 Å². The highest BCUT2D eigenvalue weighted by molar-refractivity contribution is 9.10. The molecule has 1 amide bonds. The Morgan fingerprint density at radius 3 is 3.00 bits per heavy atom. The monoisotopic (exact) mass is 348 g/mol. The summed E-state index contributed by atoms with van der Waals surface area (Å²) in [5.74, 6) is -0.819. The van der Waals surface area contributed by atoms with Gasteiger partial charge in [-0.15, -0.1) is 0 Å². The minimum absolute atomic E-state index is 0.235. The predicted molar refractivity (Wildman–Crippen MR) is 80.7 cm³/mol. The molecule has 3 heterocycles. The van der Waals surface area contributed by atoms with E-state index in [4.69, 9.17) is 0 Å². The lowest BCUT2D eigenvalue weighted by atomic mass is 10.2. The highest BCUT2D eigenvalue weighted by atomic mass is 79.9. The van der Waals surface area contributed by atoms with Gasteiger partial charge in [-0.3, -0.25) is 9.78 Å². The maximum absolute atomic E-state index is 14.2. The zero-order valence-corrected chi connectivity index (χ0v) is 12.5. The van der Waals surface area contributed by atoms with Crippen LogP contribution in [-0.4, -0.2) is 20.9 Å². The van der Waals surface area contributed by atoms with Crippen molar-refractivity contribution >= 4 is 38.6 Å². The Kier molecular flexibility index (Phi) is 3.42. The number of aryl methyl sites for hydroxylation is 1. The van der Waals surface area contributed by atoms with Gasteiger partial charge in [0.25, 0.3) is 5.91 Å². The first-order valence-electron chi connectivity index (χ1n) is 6.12. The molecule has 5 nitrogen and oxygen atoms in total. The van der Waals surface area contributed by atoms with Crippen LogP contribution in [0.2, 0.25) is 0 Å². The summed E-state index contributed by atoms with van der Waals surface area (Å²) in [5, 5.41) is 2.91. The molecule has 0 fully saturated rings. The molecular weight excluding hydrogens is 339 g/mol. The number of hydrogen-bond donors (Lipinski definition) is 2. The van der Waals surface area contributed by atoms with Gasteiger partial charge in [0.1, 0.15) is 5.65 Å². The van der Waals surface area contributed by atoms with E-state index in [0.717, 1.165) is 0 Å². The third-order valence-corrected chi connectivity index (χ3v) is 3.65. The van der Waals surface area contributed by atoms with Gasteiger partial charge in [-0.05, 0) is 35.0 Å². The van der Waals surface area contributed by atoms with Gasteiger partial charge in [-0.1, -0.05) is 0 Å². The lowest BCUT2D eigenvalue weighted by Gasteiger charge is -2.06. The zero-order valence-electron chi connectivity index (χ0n) is 10.9. The second-order valence-electron chi connectivity index (χ2n) is 4.44. The average Bonchev–Trinajstić information content (AvgIpc) is 2.87. The Morgan fingerprint density at radius 2 is 2.24 bits per heavy atom. The van der Waals surface area contributed by atoms with Crippen LogP contribution >= 0.6 is 15.9 Å². The molecule has 3 aromatic rings. The van der Waals surface area contributed by atoms with Crippen molar-refractivity contribution in [3.63, 3.8) is 0 Å². The number of anilines is 1. The molecule has 0 atom stereocenters. The molecule has 2 N–H and O–H groups in total. The van der Waals surface area contributed by atoms with Crippen LogP contribution in [0.4, 0.5) is 10.1 Å². The standard InChI is InChI=1S/C14H10BrFN4O/c1-7-8(3-2-4-17-7)14(21)20-10-6-19-13-11(10)12(16)9(15)5-18-13/h2-6H,1H3,(H,18,19)(H,20,21). The van der Waals surface area contributed by atoms with Crippen molar-refractivity contribution in [2.45, 2.75) is 6.92 Å². The van der Waals surface area contributed by atoms with Crippen molar-refractivity contribution in [3.8, 4) is 0 Å². The number of fused-ring (bicyclic) bond motifs is 1. The first kappa shape index (κ1) is 13.7. The minimum Gasteiger partial charge on any atom is -0.344 e. The number of halogens is 2. The number of amides is 1. The van der Waals surface area contributed by atoms with Crippen LogP contribution < -0.4 is 5.32 Å². The van der Waals surface area contributed by atoms with Gasteiger partial charge in [0, 0.05) is 24.3 Å². The van der Waals surface area contributed by atoms with E-state index >= 15 is 0 Å².